The summed E-state index contributed by atoms with van der Waals surface area (Å²) < 4.78 is 27.8. The predicted molar refractivity (Wildman–Crippen MR) is 70.8 cm³/mol. The quantitative estimate of drug-likeness (QED) is 0.804. The minimum absolute atomic E-state index is 0.0356. The summed E-state index contributed by atoms with van der Waals surface area (Å²) >= 11 is 0. The maximum atomic E-state index is 12.2. The molecule has 1 aromatic rings. The van der Waals surface area contributed by atoms with Crippen molar-refractivity contribution in [2.24, 2.45) is 5.92 Å². The van der Waals surface area contributed by atoms with Gasteiger partial charge in [-0.05, 0) is 19.3 Å². The Hall–Kier alpha value is -1.01. The summed E-state index contributed by atoms with van der Waals surface area (Å²) in [6.07, 6.45) is 2.00. The van der Waals surface area contributed by atoms with Gasteiger partial charge in [-0.2, -0.15) is 0 Å². The van der Waals surface area contributed by atoms with Gasteiger partial charge >= 0.3 is 0 Å². The van der Waals surface area contributed by atoms with Gasteiger partial charge in [0, 0.05) is 29.8 Å². The Labute approximate surface area is 116 Å². The number of carbonyl (C=O) groups is 1. The largest absolute Gasteiger partial charge is 0.455 e. The van der Waals surface area contributed by atoms with Crippen LogP contribution in [0.1, 0.15) is 36.1 Å². The number of furan rings is 1. The van der Waals surface area contributed by atoms with Crippen LogP contribution in [0.4, 0.5) is 0 Å². The number of rotatable bonds is 3. The normalized spacial score (nSPS) is 19.9. The average molecular weight is 306 g/mol. The van der Waals surface area contributed by atoms with Crippen LogP contribution >= 0.6 is 10.7 Å². The third kappa shape index (κ3) is 2.95. The summed E-state index contributed by atoms with van der Waals surface area (Å²) in [5.74, 6) is 0.417. The van der Waals surface area contributed by atoms with E-state index in [0.717, 1.165) is 12.8 Å². The Bertz CT molecular complexity index is 593. The molecule has 2 rings (SSSR count). The van der Waals surface area contributed by atoms with Crippen LogP contribution in [-0.2, 0) is 9.05 Å². The Morgan fingerprint density at radius 2 is 2.26 bits per heavy atom. The first-order valence-electron chi connectivity index (χ1n) is 6.17. The molecular weight excluding hydrogens is 290 g/mol. The summed E-state index contributed by atoms with van der Waals surface area (Å²) in [4.78, 5) is 13.8. The number of likely N-dealkylation sites (tertiary alicyclic amines) is 1. The van der Waals surface area contributed by atoms with Crippen molar-refractivity contribution in [2.45, 2.75) is 31.6 Å². The van der Waals surface area contributed by atoms with Gasteiger partial charge in [-0.3, -0.25) is 4.79 Å². The Morgan fingerprint density at radius 3 is 2.74 bits per heavy atom. The van der Waals surface area contributed by atoms with Gasteiger partial charge in [-0.25, -0.2) is 8.42 Å². The average Bonchev–Trinajstić information content (AvgIpc) is 2.93. The number of carbonyl (C=O) groups excluding carboxylic acids is 1. The number of hydrogen-bond donors (Lipinski definition) is 0. The van der Waals surface area contributed by atoms with Gasteiger partial charge in [0.15, 0.2) is 5.76 Å². The van der Waals surface area contributed by atoms with Crippen molar-refractivity contribution in [3.8, 4) is 0 Å². The van der Waals surface area contributed by atoms with Gasteiger partial charge in [-0.1, -0.05) is 13.3 Å². The highest BCUT2D eigenvalue weighted by atomic mass is 35.7. The lowest BCUT2D eigenvalue weighted by Gasteiger charge is -2.14. The van der Waals surface area contributed by atoms with E-state index in [1.54, 1.807) is 4.90 Å². The van der Waals surface area contributed by atoms with Crippen LogP contribution in [0.2, 0.25) is 0 Å². The topological polar surface area (TPSA) is 67.6 Å². The van der Waals surface area contributed by atoms with E-state index in [0.29, 0.717) is 19.0 Å². The van der Waals surface area contributed by atoms with Crippen LogP contribution in [0.5, 0.6) is 0 Å². The van der Waals surface area contributed by atoms with Crippen LogP contribution in [0.3, 0.4) is 0 Å². The second kappa shape index (κ2) is 5.17. The third-order valence-electron chi connectivity index (χ3n) is 3.50. The molecule has 1 aliphatic heterocycles. The number of halogens is 1. The highest BCUT2D eigenvalue weighted by Gasteiger charge is 2.29. The van der Waals surface area contributed by atoms with Crippen LogP contribution in [0.15, 0.2) is 15.4 Å². The molecule has 1 unspecified atom stereocenters. The minimum atomic E-state index is -3.88. The Morgan fingerprint density at radius 1 is 1.58 bits per heavy atom. The van der Waals surface area contributed by atoms with E-state index in [1.165, 1.54) is 13.0 Å². The van der Waals surface area contributed by atoms with Crippen molar-refractivity contribution in [1.82, 2.24) is 4.90 Å². The molecule has 19 heavy (non-hydrogen) atoms. The third-order valence-corrected chi connectivity index (χ3v) is 4.93. The Kier molecular flexibility index (Phi) is 3.92. The van der Waals surface area contributed by atoms with Gasteiger partial charge in [0.05, 0.1) is 0 Å². The maximum Gasteiger partial charge on any atom is 0.289 e. The summed E-state index contributed by atoms with van der Waals surface area (Å²) in [5.41, 5.74) is 0. The molecule has 106 valence electrons. The zero-order valence-electron chi connectivity index (χ0n) is 10.8. The summed E-state index contributed by atoms with van der Waals surface area (Å²) in [6.45, 7) is 4.94. The fourth-order valence-electron chi connectivity index (χ4n) is 2.32. The smallest absolute Gasteiger partial charge is 0.289 e. The van der Waals surface area contributed by atoms with E-state index in [4.69, 9.17) is 15.1 Å². The molecule has 1 aromatic heterocycles. The molecule has 0 aliphatic carbocycles. The van der Waals surface area contributed by atoms with Crippen molar-refractivity contribution in [3.63, 3.8) is 0 Å². The SMILES string of the molecule is CCC1CCN(C(=O)c2cc(S(=O)(=O)Cl)c(C)o2)C1. The molecule has 0 saturated carbocycles. The Balaban J connectivity index is 2.22. The number of aryl methyl sites for hydroxylation is 1. The van der Waals surface area contributed by atoms with E-state index in [1.807, 2.05) is 0 Å². The van der Waals surface area contributed by atoms with E-state index < -0.39 is 9.05 Å². The fraction of sp³-hybridized carbons (Fsp3) is 0.583. The lowest BCUT2D eigenvalue weighted by atomic mass is 10.1. The second-order valence-electron chi connectivity index (χ2n) is 4.78. The first kappa shape index (κ1) is 14.4. The molecule has 1 amide bonds. The second-order valence-corrected chi connectivity index (χ2v) is 7.32. The molecule has 0 bridgehead atoms. The lowest BCUT2D eigenvalue weighted by molar-refractivity contribution is 0.0754. The number of amides is 1. The van der Waals surface area contributed by atoms with Crippen molar-refractivity contribution in [1.29, 1.82) is 0 Å². The van der Waals surface area contributed by atoms with E-state index in [-0.39, 0.29) is 22.3 Å². The summed E-state index contributed by atoms with van der Waals surface area (Å²) in [6, 6.07) is 1.21. The first-order valence-corrected chi connectivity index (χ1v) is 8.48. The molecule has 7 heteroatoms. The molecule has 0 radical (unpaired) electrons. The van der Waals surface area contributed by atoms with Crippen molar-refractivity contribution in [2.75, 3.05) is 13.1 Å². The van der Waals surface area contributed by atoms with Crippen LogP contribution in [-0.4, -0.2) is 32.3 Å². The molecule has 1 atom stereocenters. The first-order chi connectivity index (χ1) is 8.82. The predicted octanol–water partition coefficient (Wildman–Crippen LogP) is 2.39. The van der Waals surface area contributed by atoms with Crippen molar-refractivity contribution < 1.29 is 17.6 Å². The summed E-state index contributed by atoms with van der Waals surface area (Å²) in [5, 5.41) is 0. The van der Waals surface area contributed by atoms with Crippen LogP contribution < -0.4 is 0 Å². The lowest BCUT2D eigenvalue weighted by Crippen LogP contribution is -2.28. The zero-order chi connectivity index (χ0) is 14.2. The standard InChI is InChI=1S/C12H16ClNO4S/c1-3-9-4-5-14(7-9)12(15)10-6-11(8(2)18-10)19(13,16)17/h6,9H,3-5,7H2,1-2H3. The molecular formula is C12H16ClNO4S. The summed E-state index contributed by atoms with van der Waals surface area (Å²) in [7, 11) is 1.40. The molecule has 1 fully saturated rings. The maximum absolute atomic E-state index is 12.2. The highest BCUT2D eigenvalue weighted by Crippen LogP contribution is 2.26. The molecule has 1 aliphatic rings. The zero-order valence-corrected chi connectivity index (χ0v) is 12.4. The number of hydrogen-bond acceptors (Lipinski definition) is 4. The van der Waals surface area contributed by atoms with Crippen molar-refractivity contribution >= 4 is 25.6 Å². The monoisotopic (exact) mass is 305 g/mol. The van der Waals surface area contributed by atoms with Crippen LogP contribution in [0.25, 0.3) is 0 Å². The minimum Gasteiger partial charge on any atom is -0.455 e. The molecule has 2 heterocycles. The van der Waals surface area contributed by atoms with Gasteiger partial charge < -0.3 is 9.32 Å². The molecule has 0 aromatic carbocycles. The van der Waals surface area contributed by atoms with Gasteiger partial charge in [0.2, 0.25) is 0 Å². The molecule has 0 N–H and O–H groups in total. The molecule has 1 saturated heterocycles. The van der Waals surface area contributed by atoms with Gasteiger partial charge in [0.1, 0.15) is 10.7 Å². The van der Waals surface area contributed by atoms with Gasteiger partial charge in [0.25, 0.3) is 15.0 Å². The molecule has 0 spiro atoms. The molecule has 5 nitrogen and oxygen atoms in total. The van der Waals surface area contributed by atoms with E-state index in [2.05, 4.69) is 6.92 Å². The highest BCUT2D eigenvalue weighted by molar-refractivity contribution is 8.13. The fourth-order valence-corrected chi connectivity index (χ4v) is 3.41. The van der Waals surface area contributed by atoms with E-state index in [9.17, 15) is 13.2 Å². The van der Waals surface area contributed by atoms with E-state index >= 15 is 0 Å². The number of nitrogens with zero attached hydrogens (tertiary/aromatic N) is 1. The van der Waals surface area contributed by atoms with Gasteiger partial charge in [-0.15, -0.1) is 0 Å². The van der Waals surface area contributed by atoms with Crippen LogP contribution in [0, 0.1) is 12.8 Å². The van der Waals surface area contributed by atoms with Crippen molar-refractivity contribution in [3.05, 3.63) is 17.6 Å².